The van der Waals surface area contributed by atoms with Gasteiger partial charge >= 0.3 is 0 Å². The fourth-order valence-corrected chi connectivity index (χ4v) is 3.27. The van der Waals surface area contributed by atoms with E-state index < -0.39 is 0 Å². The molecule has 0 saturated carbocycles. The highest BCUT2D eigenvalue weighted by molar-refractivity contribution is 7.99. The van der Waals surface area contributed by atoms with E-state index in [1.165, 1.54) is 36.0 Å². The number of aromatic nitrogens is 1. The Morgan fingerprint density at radius 2 is 2.00 bits per heavy atom. The minimum atomic E-state index is -0.345. The van der Waals surface area contributed by atoms with E-state index in [1.54, 1.807) is 0 Å². The Morgan fingerprint density at radius 1 is 1.30 bits per heavy atom. The number of pyridine rings is 1. The topological polar surface area (TPSA) is 53.8 Å². The van der Waals surface area contributed by atoms with Crippen LogP contribution in [0, 0.1) is 31.0 Å². The molecule has 0 spiro atoms. The van der Waals surface area contributed by atoms with Gasteiger partial charge in [0.05, 0.1) is 5.56 Å². The molecule has 0 aliphatic heterocycles. The Balaban J connectivity index is 1.90. The number of thioether (sulfide) groups is 1. The molecule has 1 aromatic heterocycles. The van der Waals surface area contributed by atoms with Gasteiger partial charge in [-0.15, -0.1) is 11.8 Å². The molecule has 0 fully saturated rings. The number of hydrogen-bond acceptors (Lipinski definition) is 4. The van der Waals surface area contributed by atoms with Gasteiger partial charge < -0.3 is 0 Å². The summed E-state index contributed by atoms with van der Waals surface area (Å²) >= 11 is 1.49. The molecule has 0 aliphatic rings. The normalized spacial score (nSPS) is 10.3. The maximum Gasteiger partial charge on any atom is 0.162 e. The van der Waals surface area contributed by atoms with E-state index in [4.69, 9.17) is 0 Å². The molecule has 2 aromatic rings. The maximum absolute atomic E-state index is 12.8. The summed E-state index contributed by atoms with van der Waals surface area (Å²) in [6, 6.07) is 9.67. The van der Waals surface area contributed by atoms with Crippen LogP contribution in [0.15, 0.2) is 35.4 Å². The van der Waals surface area contributed by atoms with Gasteiger partial charge in [0.2, 0.25) is 0 Å². The molecule has 5 heteroatoms. The van der Waals surface area contributed by atoms with E-state index >= 15 is 0 Å². The first kappa shape index (κ1) is 17.2. The zero-order chi connectivity index (χ0) is 16.8. The third-order valence-electron chi connectivity index (χ3n) is 3.38. The summed E-state index contributed by atoms with van der Waals surface area (Å²) in [5.74, 6) is 0.360. The van der Waals surface area contributed by atoms with Crippen molar-refractivity contribution in [2.75, 3.05) is 5.75 Å². The molecule has 0 radical (unpaired) electrons. The summed E-state index contributed by atoms with van der Waals surface area (Å²) in [4.78, 5) is 16.4. The number of nitrogens with zero attached hydrogens (tertiary/aromatic N) is 2. The van der Waals surface area contributed by atoms with Gasteiger partial charge in [0.15, 0.2) is 5.78 Å². The van der Waals surface area contributed by atoms with Crippen molar-refractivity contribution in [2.45, 2.75) is 31.7 Å². The number of carbonyl (C=O) groups excluding carboxylic acids is 1. The van der Waals surface area contributed by atoms with Crippen LogP contribution in [-0.2, 0) is 0 Å². The summed E-state index contributed by atoms with van der Waals surface area (Å²) in [5.41, 5.74) is 2.93. The number of carbonyl (C=O) groups is 1. The standard InChI is InChI=1S/C18H17FN2OS/c1-12-10-13(2)21-18(16(12)11-20)23-9-3-4-17(22)14-5-7-15(19)8-6-14/h5-8,10H,3-4,9H2,1-2H3. The average Bonchev–Trinajstić information content (AvgIpc) is 2.51. The third-order valence-corrected chi connectivity index (χ3v) is 4.44. The Hall–Kier alpha value is -2.19. The number of hydrogen-bond donors (Lipinski definition) is 0. The van der Waals surface area contributed by atoms with E-state index in [0.717, 1.165) is 16.3 Å². The van der Waals surface area contributed by atoms with Crippen LogP contribution in [0.4, 0.5) is 4.39 Å². The Bertz CT molecular complexity index is 751. The van der Waals surface area contributed by atoms with Crippen molar-refractivity contribution in [2.24, 2.45) is 0 Å². The average molecular weight is 328 g/mol. The van der Waals surface area contributed by atoms with Gasteiger partial charge in [0.1, 0.15) is 16.9 Å². The molecular weight excluding hydrogens is 311 g/mol. The number of Topliss-reactive ketones (excluding diaryl/α,β-unsaturated/α-hetero) is 1. The van der Waals surface area contributed by atoms with Crippen molar-refractivity contribution in [3.63, 3.8) is 0 Å². The molecular formula is C18H17FN2OS. The van der Waals surface area contributed by atoms with Gasteiger partial charge in [-0.2, -0.15) is 5.26 Å². The molecule has 1 heterocycles. The van der Waals surface area contributed by atoms with Crippen LogP contribution in [0.25, 0.3) is 0 Å². The second kappa shape index (κ2) is 7.89. The lowest BCUT2D eigenvalue weighted by Gasteiger charge is -2.07. The first-order valence-corrected chi connectivity index (χ1v) is 8.29. The van der Waals surface area contributed by atoms with Crippen LogP contribution >= 0.6 is 11.8 Å². The van der Waals surface area contributed by atoms with Crippen LogP contribution in [0.5, 0.6) is 0 Å². The fourth-order valence-electron chi connectivity index (χ4n) is 2.22. The quantitative estimate of drug-likeness (QED) is 0.446. The predicted molar refractivity (Wildman–Crippen MR) is 89.1 cm³/mol. The largest absolute Gasteiger partial charge is 0.294 e. The predicted octanol–water partition coefficient (Wildman–Crippen LogP) is 4.46. The zero-order valence-corrected chi connectivity index (χ0v) is 13.9. The highest BCUT2D eigenvalue weighted by Gasteiger charge is 2.10. The molecule has 0 saturated heterocycles. The molecule has 1 aromatic carbocycles. The Morgan fingerprint density at radius 3 is 2.65 bits per heavy atom. The van der Waals surface area contributed by atoms with Gasteiger partial charge in [0.25, 0.3) is 0 Å². The first-order chi connectivity index (χ1) is 11.0. The molecule has 0 atom stereocenters. The number of aryl methyl sites for hydroxylation is 2. The van der Waals surface area contributed by atoms with E-state index in [0.29, 0.717) is 29.7 Å². The van der Waals surface area contributed by atoms with E-state index in [-0.39, 0.29) is 11.6 Å². The Kier molecular flexibility index (Phi) is 5.89. The SMILES string of the molecule is Cc1cc(C)c(C#N)c(SCCCC(=O)c2ccc(F)cc2)n1. The smallest absolute Gasteiger partial charge is 0.162 e. The van der Waals surface area contributed by atoms with E-state index in [2.05, 4.69) is 11.1 Å². The van der Waals surface area contributed by atoms with Gasteiger partial charge in [-0.25, -0.2) is 9.37 Å². The second-order valence-electron chi connectivity index (χ2n) is 5.25. The molecule has 3 nitrogen and oxygen atoms in total. The molecule has 0 aliphatic carbocycles. The van der Waals surface area contributed by atoms with Crippen molar-refractivity contribution in [1.29, 1.82) is 5.26 Å². The van der Waals surface area contributed by atoms with Crippen molar-refractivity contribution in [3.05, 3.63) is 58.5 Å². The molecule has 0 amide bonds. The van der Waals surface area contributed by atoms with Crippen molar-refractivity contribution in [1.82, 2.24) is 4.98 Å². The minimum absolute atomic E-state index is 0.000473. The molecule has 0 N–H and O–H groups in total. The summed E-state index contributed by atoms with van der Waals surface area (Å²) in [5, 5.41) is 9.94. The molecule has 2 rings (SSSR count). The summed E-state index contributed by atoms with van der Waals surface area (Å²) < 4.78 is 12.8. The highest BCUT2D eigenvalue weighted by atomic mass is 32.2. The van der Waals surface area contributed by atoms with Crippen molar-refractivity contribution in [3.8, 4) is 6.07 Å². The molecule has 118 valence electrons. The number of rotatable bonds is 6. The molecule has 23 heavy (non-hydrogen) atoms. The van der Waals surface area contributed by atoms with Gasteiger partial charge in [-0.3, -0.25) is 4.79 Å². The van der Waals surface area contributed by atoms with Crippen LogP contribution in [0.2, 0.25) is 0 Å². The zero-order valence-electron chi connectivity index (χ0n) is 13.1. The van der Waals surface area contributed by atoms with Crippen LogP contribution < -0.4 is 0 Å². The lowest BCUT2D eigenvalue weighted by atomic mass is 10.1. The maximum atomic E-state index is 12.8. The molecule has 0 bridgehead atoms. The fraction of sp³-hybridized carbons (Fsp3) is 0.278. The first-order valence-electron chi connectivity index (χ1n) is 7.31. The van der Waals surface area contributed by atoms with Crippen LogP contribution in [0.3, 0.4) is 0 Å². The van der Waals surface area contributed by atoms with Crippen LogP contribution in [-0.4, -0.2) is 16.5 Å². The summed E-state index contributed by atoms with van der Waals surface area (Å²) in [6.07, 6.45) is 1.08. The van der Waals surface area contributed by atoms with Gasteiger partial charge in [-0.05, 0) is 61.9 Å². The van der Waals surface area contributed by atoms with Gasteiger partial charge in [-0.1, -0.05) is 0 Å². The lowest BCUT2D eigenvalue weighted by Crippen LogP contribution is -2.00. The number of nitriles is 1. The van der Waals surface area contributed by atoms with Gasteiger partial charge in [0, 0.05) is 17.7 Å². The summed E-state index contributed by atoms with van der Waals surface area (Å²) in [6.45, 7) is 3.80. The monoisotopic (exact) mass is 328 g/mol. The number of halogens is 1. The van der Waals surface area contributed by atoms with Crippen molar-refractivity contribution >= 4 is 17.5 Å². The molecule has 0 unspecified atom stereocenters. The second-order valence-corrected chi connectivity index (χ2v) is 6.34. The summed E-state index contributed by atoms with van der Waals surface area (Å²) in [7, 11) is 0. The number of benzene rings is 1. The minimum Gasteiger partial charge on any atom is -0.294 e. The Labute approximate surface area is 139 Å². The van der Waals surface area contributed by atoms with E-state index in [1.807, 2.05) is 19.9 Å². The number of ketones is 1. The van der Waals surface area contributed by atoms with Crippen molar-refractivity contribution < 1.29 is 9.18 Å². The lowest BCUT2D eigenvalue weighted by molar-refractivity contribution is 0.0982. The third kappa shape index (κ3) is 4.64. The van der Waals surface area contributed by atoms with E-state index in [9.17, 15) is 14.4 Å². The highest BCUT2D eigenvalue weighted by Crippen LogP contribution is 2.24. The van der Waals surface area contributed by atoms with Crippen LogP contribution in [0.1, 0.15) is 40.0 Å².